The number of aryl methyl sites for hydroxylation is 1. The summed E-state index contributed by atoms with van der Waals surface area (Å²) < 4.78 is 16.0. The SMILES string of the molecule is CCc1c(C(=O)/C=C/c2cc(OC)c(O)c(OC)c2)oc2ccccc12. The molecule has 0 aliphatic carbocycles. The van der Waals surface area contributed by atoms with E-state index in [1.165, 1.54) is 20.3 Å². The molecule has 0 bridgehead atoms. The first-order valence-electron chi connectivity index (χ1n) is 8.26. The summed E-state index contributed by atoms with van der Waals surface area (Å²) in [5, 5.41) is 10.9. The number of para-hydroxylation sites is 1. The molecule has 3 rings (SSSR count). The first-order chi connectivity index (χ1) is 12.6. The fourth-order valence-electron chi connectivity index (χ4n) is 2.91. The van der Waals surface area contributed by atoms with Gasteiger partial charge in [0.25, 0.3) is 0 Å². The van der Waals surface area contributed by atoms with Crippen LogP contribution in [0.3, 0.4) is 0 Å². The Labute approximate surface area is 151 Å². The molecular formula is C21H20O5. The number of hydrogen-bond donors (Lipinski definition) is 1. The number of rotatable bonds is 6. The van der Waals surface area contributed by atoms with Gasteiger partial charge in [-0.1, -0.05) is 31.2 Å². The Morgan fingerprint density at radius 3 is 2.42 bits per heavy atom. The molecule has 1 heterocycles. The van der Waals surface area contributed by atoms with Crippen LogP contribution < -0.4 is 9.47 Å². The highest BCUT2D eigenvalue weighted by Crippen LogP contribution is 2.37. The number of allylic oxidation sites excluding steroid dienone is 1. The van der Waals surface area contributed by atoms with Gasteiger partial charge in [-0.25, -0.2) is 0 Å². The molecule has 134 valence electrons. The molecule has 0 saturated heterocycles. The predicted molar refractivity (Wildman–Crippen MR) is 100 cm³/mol. The van der Waals surface area contributed by atoms with Crippen LogP contribution in [-0.4, -0.2) is 25.1 Å². The largest absolute Gasteiger partial charge is 0.502 e. The monoisotopic (exact) mass is 352 g/mol. The quantitative estimate of drug-likeness (QED) is 0.518. The normalized spacial score (nSPS) is 11.2. The Morgan fingerprint density at radius 1 is 1.15 bits per heavy atom. The van der Waals surface area contributed by atoms with Crippen LogP contribution in [0.4, 0.5) is 0 Å². The summed E-state index contributed by atoms with van der Waals surface area (Å²) >= 11 is 0. The van der Waals surface area contributed by atoms with Gasteiger partial charge < -0.3 is 19.0 Å². The van der Waals surface area contributed by atoms with E-state index >= 15 is 0 Å². The number of methoxy groups -OCH3 is 2. The van der Waals surface area contributed by atoms with Crippen molar-refractivity contribution in [1.82, 2.24) is 0 Å². The van der Waals surface area contributed by atoms with Crippen molar-refractivity contribution in [3.63, 3.8) is 0 Å². The molecule has 0 unspecified atom stereocenters. The lowest BCUT2D eigenvalue weighted by Crippen LogP contribution is -1.96. The lowest BCUT2D eigenvalue weighted by atomic mass is 10.1. The fraction of sp³-hybridized carbons (Fsp3) is 0.190. The molecular weight excluding hydrogens is 332 g/mol. The summed E-state index contributed by atoms with van der Waals surface area (Å²) in [5.74, 6) is 0.597. The molecule has 1 N–H and O–H groups in total. The van der Waals surface area contributed by atoms with Crippen molar-refractivity contribution >= 4 is 22.8 Å². The van der Waals surface area contributed by atoms with Gasteiger partial charge in [0.2, 0.25) is 11.5 Å². The molecule has 0 spiro atoms. The summed E-state index contributed by atoms with van der Waals surface area (Å²) in [4.78, 5) is 12.7. The van der Waals surface area contributed by atoms with E-state index in [1.807, 2.05) is 31.2 Å². The van der Waals surface area contributed by atoms with Gasteiger partial charge in [-0.05, 0) is 36.3 Å². The van der Waals surface area contributed by atoms with Crippen LogP contribution in [0.1, 0.15) is 28.6 Å². The average molecular weight is 352 g/mol. The van der Waals surface area contributed by atoms with Gasteiger partial charge in [-0.2, -0.15) is 0 Å². The molecule has 26 heavy (non-hydrogen) atoms. The molecule has 2 aromatic carbocycles. The second-order valence-electron chi connectivity index (χ2n) is 5.73. The number of furan rings is 1. The van der Waals surface area contributed by atoms with Crippen LogP contribution in [0, 0.1) is 0 Å². The van der Waals surface area contributed by atoms with Crippen LogP contribution in [-0.2, 0) is 6.42 Å². The number of hydrogen-bond acceptors (Lipinski definition) is 5. The summed E-state index contributed by atoms with van der Waals surface area (Å²) in [5.41, 5.74) is 2.27. The highest BCUT2D eigenvalue weighted by atomic mass is 16.5. The van der Waals surface area contributed by atoms with Crippen LogP contribution >= 0.6 is 0 Å². The number of benzene rings is 2. The molecule has 0 aliphatic rings. The second kappa shape index (κ2) is 7.35. The second-order valence-corrected chi connectivity index (χ2v) is 5.73. The fourth-order valence-corrected chi connectivity index (χ4v) is 2.91. The van der Waals surface area contributed by atoms with Crippen molar-refractivity contribution in [2.24, 2.45) is 0 Å². The third-order valence-electron chi connectivity index (χ3n) is 4.20. The molecule has 5 heteroatoms. The number of phenolic OH excluding ortho intramolecular Hbond substituents is 1. The summed E-state index contributed by atoms with van der Waals surface area (Å²) in [6.07, 6.45) is 3.79. The number of ketones is 1. The molecule has 0 radical (unpaired) electrons. The van der Waals surface area contributed by atoms with Crippen LogP contribution in [0.2, 0.25) is 0 Å². The van der Waals surface area contributed by atoms with E-state index in [0.29, 0.717) is 23.3 Å². The van der Waals surface area contributed by atoms with Gasteiger partial charge in [-0.3, -0.25) is 4.79 Å². The molecule has 0 fully saturated rings. The van der Waals surface area contributed by atoms with Crippen molar-refractivity contribution < 1.29 is 23.8 Å². The van der Waals surface area contributed by atoms with E-state index in [-0.39, 0.29) is 23.0 Å². The Hall–Kier alpha value is -3.21. The first kappa shape index (κ1) is 17.6. The minimum atomic E-state index is -0.218. The maximum atomic E-state index is 12.7. The average Bonchev–Trinajstić information content (AvgIpc) is 3.05. The number of carbonyl (C=O) groups excluding carboxylic acids is 1. The Morgan fingerprint density at radius 2 is 1.81 bits per heavy atom. The van der Waals surface area contributed by atoms with Crippen LogP contribution in [0.15, 0.2) is 46.9 Å². The van der Waals surface area contributed by atoms with Gasteiger partial charge in [0.15, 0.2) is 17.3 Å². The van der Waals surface area contributed by atoms with Crippen molar-refractivity contribution in [3.8, 4) is 17.2 Å². The highest BCUT2D eigenvalue weighted by Gasteiger charge is 2.17. The summed E-state index contributed by atoms with van der Waals surface area (Å²) in [6.45, 7) is 1.99. The number of ether oxygens (including phenoxy) is 2. The molecule has 3 aromatic rings. The minimum absolute atomic E-state index is 0.0796. The van der Waals surface area contributed by atoms with Gasteiger partial charge >= 0.3 is 0 Å². The standard InChI is InChI=1S/C21H20O5/c1-4-14-15-7-5-6-8-17(15)26-21(14)16(22)10-9-13-11-18(24-2)20(23)19(12-13)25-3/h5-12,23H,4H2,1-3H3/b10-9+. The van der Waals surface area contributed by atoms with E-state index < -0.39 is 0 Å². The van der Waals surface area contributed by atoms with Crippen molar-refractivity contribution in [2.45, 2.75) is 13.3 Å². The van der Waals surface area contributed by atoms with Gasteiger partial charge in [0.05, 0.1) is 14.2 Å². The van der Waals surface area contributed by atoms with E-state index in [1.54, 1.807) is 18.2 Å². The maximum absolute atomic E-state index is 12.7. The number of aromatic hydroxyl groups is 1. The number of phenols is 1. The molecule has 1 aromatic heterocycles. The zero-order valence-electron chi connectivity index (χ0n) is 14.9. The zero-order valence-corrected chi connectivity index (χ0v) is 14.9. The lowest BCUT2D eigenvalue weighted by molar-refractivity contribution is 0.102. The molecule has 0 atom stereocenters. The molecule has 5 nitrogen and oxygen atoms in total. The summed E-state index contributed by atoms with van der Waals surface area (Å²) in [7, 11) is 2.91. The first-order valence-corrected chi connectivity index (χ1v) is 8.26. The maximum Gasteiger partial charge on any atom is 0.221 e. The topological polar surface area (TPSA) is 68.9 Å². The highest BCUT2D eigenvalue weighted by molar-refractivity contribution is 6.08. The minimum Gasteiger partial charge on any atom is -0.502 e. The van der Waals surface area contributed by atoms with Gasteiger partial charge in [0, 0.05) is 10.9 Å². The van der Waals surface area contributed by atoms with Crippen molar-refractivity contribution in [2.75, 3.05) is 14.2 Å². The molecule has 0 amide bonds. The zero-order chi connectivity index (χ0) is 18.7. The van der Waals surface area contributed by atoms with Gasteiger partial charge in [-0.15, -0.1) is 0 Å². The van der Waals surface area contributed by atoms with E-state index in [0.717, 1.165) is 10.9 Å². The van der Waals surface area contributed by atoms with Crippen LogP contribution in [0.25, 0.3) is 17.0 Å². The smallest absolute Gasteiger partial charge is 0.221 e. The molecule has 0 saturated carbocycles. The van der Waals surface area contributed by atoms with E-state index in [9.17, 15) is 9.90 Å². The summed E-state index contributed by atoms with van der Waals surface area (Å²) in [6, 6.07) is 10.9. The lowest BCUT2D eigenvalue weighted by Gasteiger charge is -2.09. The Bertz CT molecular complexity index is 956. The van der Waals surface area contributed by atoms with E-state index in [4.69, 9.17) is 13.9 Å². The number of carbonyl (C=O) groups is 1. The van der Waals surface area contributed by atoms with Gasteiger partial charge in [0.1, 0.15) is 5.58 Å². The van der Waals surface area contributed by atoms with E-state index in [2.05, 4.69) is 0 Å². The Balaban J connectivity index is 1.96. The molecule has 0 aliphatic heterocycles. The third-order valence-corrected chi connectivity index (χ3v) is 4.20. The van der Waals surface area contributed by atoms with Crippen molar-refractivity contribution in [3.05, 3.63) is 59.4 Å². The number of fused-ring (bicyclic) bond motifs is 1. The predicted octanol–water partition coefficient (Wildman–Crippen LogP) is 4.61. The van der Waals surface area contributed by atoms with Crippen LogP contribution in [0.5, 0.6) is 17.2 Å². The Kier molecular flexibility index (Phi) is 4.98. The van der Waals surface area contributed by atoms with Crippen molar-refractivity contribution in [1.29, 1.82) is 0 Å². The third kappa shape index (κ3) is 3.16.